The topological polar surface area (TPSA) is 131 Å². The van der Waals surface area contributed by atoms with Gasteiger partial charge in [-0.15, -0.1) is 0 Å². The quantitative estimate of drug-likeness (QED) is 0.282. The van der Waals surface area contributed by atoms with Crippen LogP contribution >= 0.6 is 0 Å². The van der Waals surface area contributed by atoms with E-state index in [1.807, 2.05) is 74.5 Å². The number of rotatable bonds is 10. The molecule has 1 fully saturated rings. The highest BCUT2D eigenvalue weighted by Gasteiger charge is 2.42. The second-order valence-electron chi connectivity index (χ2n) is 12.4. The Morgan fingerprint density at radius 3 is 2.19 bits per heavy atom. The zero-order chi connectivity index (χ0) is 31.3. The fraction of sp³-hybridized carbons (Fsp3) is 0.412. The number of ether oxygens (including phenoxy) is 1. The fourth-order valence-corrected chi connectivity index (χ4v) is 5.44. The highest BCUT2D eigenvalue weighted by molar-refractivity contribution is 6.00. The number of nitrogens with one attached hydrogen (secondary N) is 2. The number of alkyl carbamates (subject to hydrolysis) is 1. The molecule has 0 aliphatic heterocycles. The first-order chi connectivity index (χ1) is 20.3. The van der Waals surface area contributed by atoms with Crippen molar-refractivity contribution in [1.29, 1.82) is 0 Å². The summed E-state index contributed by atoms with van der Waals surface area (Å²) in [6, 6.07) is 17.1. The van der Waals surface area contributed by atoms with Gasteiger partial charge in [0.2, 0.25) is 11.8 Å². The van der Waals surface area contributed by atoms with Gasteiger partial charge in [0.15, 0.2) is 0 Å². The predicted octanol–water partition coefficient (Wildman–Crippen LogP) is 5.68. The minimum Gasteiger partial charge on any atom is -0.444 e. The molecule has 0 bridgehead atoms. The molecule has 0 saturated heterocycles. The number of aryl methyl sites for hydroxylation is 2. The number of benzene rings is 3. The van der Waals surface area contributed by atoms with Gasteiger partial charge in [-0.2, -0.15) is 0 Å². The molecule has 0 heterocycles. The summed E-state index contributed by atoms with van der Waals surface area (Å²) in [7, 11) is 0. The van der Waals surface area contributed by atoms with E-state index in [2.05, 4.69) is 10.6 Å². The Kier molecular flexibility index (Phi) is 9.73. The maximum atomic E-state index is 14.4. The predicted molar refractivity (Wildman–Crippen MR) is 167 cm³/mol. The number of hydrogen-bond donors (Lipinski definition) is 3. The second kappa shape index (κ2) is 13.3. The molecule has 4 N–H and O–H groups in total. The molecule has 9 nitrogen and oxygen atoms in total. The molecule has 9 heteroatoms. The number of nitrogens with two attached hydrogens (primary N) is 1. The molecule has 1 aliphatic carbocycles. The molecule has 1 saturated carbocycles. The van der Waals surface area contributed by atoms with Crippen LogP contribution in [-0.4, -0.2) is 46.4 Å². The molecular weight excluding hydrogens is 544 g/mol. The van der Waals surface area contributed by atoms with Gasteiger partial charge in [0.1, 0.15) is 17.7 Å². The Balaban J connectivity index is 1.74. The maximum absolute atomic E-state index is 14.4. The number of anilines is 1. The summed E-state index contributed by atoms with van der Waals surface area (Å²) < 4.78 is 5.43. The zero-order valence-corrected chi connectivity index (χ0v) is 25.6. The van der Waals surface area contributed by atoms with Crippen molar-refractivity contribution in [2.24, 2.45) is 5.73 Å². The molecular formula is C34H42N4O5. The van der Waals surface area contributed by atoms with E-state index < -0.39 is 35.6 Å². The lowest BCUT2D eigenvalue weighted by atomic mass is 9.87. The lowest BCUT2D eigenvalue weighted by Crippen LogP contribution is -2.57. The van der Waals surface area contributed by atoms with Gasteiger partial charge in [0.25, 0.3) is 5.91 Å². The van der Waals surface area contributed by atoms with Crippen LogP contribution in [0.3, 0.4) is 0 Å². The van der Waals surface area contributed by atoms with Crippen LogP contribution in [0.5, 0.6) is 0 Å². The van der Waals surface area contributed by atoms with E-state index in [9.17, 15) is 19.2 Å². The zero-order valence-electron chi connectivity index (χ0n) is 25.6. The Morgan fingerprint density at radius 2 is 1.60 bits per heavy atom. The van der Waals surface area contributed by atoms with Crippen molar-refractivity contribution in [2.45, 2.75) is 90.4 Å². The number of fused-ring (bicyclic) bond motifs is 1. The summed E-state index contributed by atoms with van der Waals surface area (Å²) in [5.41, 5.74) is 7.82. The second-order valence-corrected chi connectivity index (χ2v) is 12.4. The Morgan fingerprint density at radius 1 is 0.953 bits per heavy atom. The van der Waals surface area contributed by atoms with Crippen molar-refractivity contribution in [3.63, 3.8) is 0 Å². The number of carbonyl (C=O) groups excluding carboxylic acids is 4. The molecule has 3 aromatic rings. The van der Waals surface area contributed by atoms with E-state index in [0.717, 1.165) is 28.3 Å². The van der Waals surface area contributed by atoms with Gasteiger partial charge in [-0.05, 0) is 88.8 Å². The first-order valence-electron chi connectivity index (χ1n) is 14.8. The first kappa shape index (κ1) is 31.5. The number of amides is 4. The Labute approximate surface area is 253 Å². The lowest BCUT2D eigenvalue weighted by Gasteiger charge is -2.43. The van der Waals surface area contributed by atoms with Gasteiger partial charge >= 0.3 is 6.09 Å². The summed E-state index contributed by atoms with van der Waals surface area (Å²) in [6.07, 6.45) is 1.40. The van der Waals surface area contributed by atoms with E-state index in [4.69, 9.17) is 10.5 Å². The van der Waals surface area contributed by atoms with Crippen molar-refractivity contribution >= 4 is 40.3 Å². The minimum atomic E-state index is -1.12. The molecule has 0 radical (unpaired) electrons. The van der Waals surface area contributed by atoms with Gasteiger partial charge in [-0.3, -0.25) is 14.4 Å². The van der Waals surface area contributed by atoms with Gasteiger partial charge in [-0.25, -0.2) is 4.79 Å². The lowest BCUT2D eigenvalue weighted by molar-refractivity contribution is -0.146. The van der Waals surface area contributed by atoms with E-state index >= 15 is 0 Å². The minimum absolute atomic E-state index is 0.0253. The average molecular weight is 587 g/mol. The fourth-order valence-electron chi connectivity index (χ4n) is 5.44. The SMILES string of the molecule is Cc1cc(C)cc(C(C(=O)Nc2ccc3ccccc3c2)N(C(=O)C(CCC(N)=O)NC(=O)OC(C)(C)C)C2CCC2)c1. The van der Waals surface area contributed by atoms with Crippen molar-refractivity contribution < 1.29 is 23.9 Å². The van der Waals surface area contributed by atoms with Crippen LogP contribution in [0.4, 0.5) is 10.5 Å². The van der Waals surface area contributed by atoms with Crippen molar-refractivity contribution in [1.82, 2.24) is 10.2 Å². The molecule has 2 atom stereocenters. The molecule has 43 heavy (non-hydrogen) atoms. The van der Waals surface area contributed by atoms with Crippen LogP contribution in [0.15, 0.2) is 60.7 Å². The van der Waals surface area contributed by atoms with Crippen molar-refractivity contribution in [3.8, 4) is 0 Å². The normalized spacial score (nSPS) is 14.7. The molecule has 0 aromatic heterocycles. The summed E-state index contributed by atoms with van der Waals surface area (Å²) in [4.78, 5) is 54.8. The molecule has 2 unspecified atom stereocenters. The summed E-state index contributed by atoms with van der Waals surface area (Å²) in [5.74, 6) is -1.43. The van der Waals surface area contributed by atoms with Crippen LogP contribution in [0.25, 0.3) is 10.8 Å². The maximum Gasteiger partial charge on any atom is 0.408 e. The molecule has 228 valence electrons. The van der Waals surface area contributed by atoms with E-state index in [0.29, 0.717) is 24.1 Å². The van der Waals surface area contributed by atoms with Crippen molar-refractivity contribution in [2.75, 3.05) is 5.32 Å². The highest BCUT2D eigenvalue weighted by atomic mass is 16.6. The van der Waals surface area contributed by atoms with E-state index in [1.165, 1.54) is 0 Å². The highest BCUT2D eigenvalue weighted by Crippen LogP contribution is 2.35. The third-order valence-corrected chi connectivity index (χ3v) is 7.49. The number of primary amides is 1. The van der Waals surface area contributed by atoms with Gasteiger partial charge in [0, 0.05) is 18.2 Å². The molecule has 4 rings (SSSR count). The summed E-state index contributed by atoms with van der Waals surface area (Å²) in [5, 5.41) is 7.73. The monoisotopic (exact) mass is 586 g/mol. The largest absolute Gasteiger partial charge is 0.444 e. The van der Waals surface area contributed by atoms with Gasteiger partial charge in [0.05, 0.1) is 0 Å². The van der Waals surface area contributed by atoms with Crippen LogP contribution in [0.1, 0.15) is 75.6 Å². The van der Waals surface area contributed by atoms with E-state index in [1.54, 1.807) is 25.7 Å². The molecule has 0 spiro atoms. The standard InChI is InChI=1S/C34H42N4O5/c1-21-17-22(2)19-25(18-21)30(31(40)36-26-14-13-23-9-6-7-10-24(23)20-26)38(27-11-8-12-27)32(41)28(15-16-29(35)39)37-33(42)43-34(3,4)5/h6-7,9-10,13-14,17-20,27-28,30H,8,11-12,15-16H2,1-5H3,(H2,35,39)(H,36,40)(H,37,42). The summed E-state index contributed by atoms with van der Waals surface area (Å²) in [6.45, 7) is 9.07. The number of carbonyl (C=O) groups is 4. The molecule has 1 aliphatic rings. The number of nitrogens with zero attached hydrogens (tertiary/aromatic N) is 1. The van der Waals surface area contributed by atoms with Crippen molar-refractivity contribution in [3.05, 3.63) is 77.4 Å². The van der Waals surface area contributed by atoms with Crippen LogP contribution in [0.2, 0.25) is 0 Å². The first-order valence-corrected chi connectivity index (χ1v) is 14.8. The van der Waals surface area contributed by atoms with Crippen LogP contribution < -0.4 is 16.4 Å². The average Bonchev–Trinajstić information content (AvgIpc) is 2.87. The smallest absolute Gasteiger partial charge is 0.408 e. The molecule has 3 aromatic carbocycles. The van der Waals surface area contributed by atoms with E-state index in [-0.39, 0.29) is 24.8 Å². The van der Waals surface area contributed by atoms with Gasteiger partial charge < -0.3 is 26.0 Å². The third-order valence-electron chi connectivity index (χ3n) is 7.49. The summed E-state index contributed by atoms with van der Waals surface area (Å²) >= 11 is 0. The number of hydrogen-bond acceptors (Lipinski definition) is 5. The molecule has 4 amide bonds. The Bertz CT molecular complexity index is 1490. The van der Waals surface area contributed by atoms with Crippen LogP contribution in [-0.2, 0) is 19.1 Å². The van der Waals surface area contributed by atoms with Crippen LogP contribution in [0, 0.1) is 13.8 Å². The van der Waals surface area contributed by atoms with Gasteiger partial charge in [-0.1, -0.05) is 59.7 Å². The Hall–Kier alpha value is -4.40. The third kappa shape index (κ3) is 8.34.